The van der Waals surface area contributed by atoms with E-state index in [1.807, 2.05) is 0 Å². The number of likely N-dealkylation sites (tertiary alicyclic amines) is 1. The molecule has 2 rings (SSSR count). The highest BCUT2D eigenvalue weighted by molar-refractivity contribution is 5.94. The first-order valence-corrected chi connectivity index (χ1v) is 7.12. The zero-order valence-electron chi connectivity index (χ0n) is 12.0. The Morgan fingerprint density at radius 1 is 1.33 bits per heavy atom. The van der Waals surface area contributed by atoms with Crippen molar-refractivity contribution in [3.8, 4) is 5.75 Å². The van der Waals surface area contributed by atoms with E-state index < -0.39 is 0 Å². The van der Waals surface area contributed by atoms with Gasteiger partial charge in [-0.05, 0) is 31.9 Å². The van der Waals surface area contributed by atoms with Crippen molar-refractivity contribution in [1.82, 2.24) is 4.90 Å². The van der Waals surface area contributed by atoms with Gasteiger partial charge in [0.2, 0.25) is 5.91 Å². The number of amides is 2. The van der Waals surface area contributed by atoms with Gasteiger partial charge in [-0.2, -0.15) is 0 Å². The first-order chi connectivity index (χ1) is 10.1. The SMILES string of the molecule is CCOC(=O)N1CCC(C(=O)Nc2ccccc2O)CC1. The van der Waals surface area contributed by atoms with Crippen molar-refractivity contribution in [2.24, 2.45) is 5.92 Å². The van der Waals surface area contributed by atoms with Crippen LogP contribution in [0.3, 0.4) is 0 Å². The number of rotatable bonds is 3. The fourth-order valence-electron chi connectivity index (χ4n) is 2.35. The average Bonchev–Trinajstić information content (AvgIpc) is 2.50. The van der Waals surface area contributed by atoms with Crippen LogP contribution >= 0.6 is 0 Å². The lowest BCUT2D eigenvalue weighted by Gasteiger charge is -2.30. The van der Waals surface area contributed by atoms with E-state index in [4.69, 9.17) is 4.74 Å². The van der Waals surface area contributed by atoms with Gasteiger partial charge in [-0.1, -0.05) is 12.1 Å². The Morgan fingerprint density at radius 3 is 2.62 bits per heavy atom. The molecule has 0 spiro atoms. The summed E-state index contributed by atoms with van der Waals surface area (Å²) in [6.07, 6.45) is 0.869. The maximum absolute atomic E-state index is 12.2. The van der Waals surface area contributed by atoms with Crippen LogP contribution in [0.15, 0.2) is 24.3 Å². The summed E-state index contributed by atoms with van der Waals surface area (Å²) in [5.41, 5.74) is 0.412. The van der Waals surface area contributed by atoms with Crippen LogP contribution in [0.25, 0.3) is 0 Å². The Kier molecular flexibility index (Phi) is 5.03. The van der Waals surface area contributed by atoms with Crippen molar-refractivity contribution in [1.29, 1.82) is 0 Å². The number of nitrogens with one attached hydrogen (secondary N) is 1. The molecule has 1 aromatic carbocycles. The summed E-state index contributed by atoms with van der Waals surface area (Å²) in [7, 11) is 0. The molecule has 21 heavy (non-hydrogen) atoms. The van der Waals surface area contributed by atoms with Gasteiger partial charge in [-0.25, -0.2) is 4.79 Å². The number of piperidine rings is 1. The summed E-state index contributed by atoms with van der Waals surface area (Å²) >= 11 is 0. The topological polar surface area (TPSA) is 78.9 Å². The zero-order chi connectivity index (χ0) is 15.2. The van der Waals surface area contributed by atoms with E-state index in [2.05, 4.69) is 5.32 Å². The molecule has 6 nitrogen and oxygen atoms in total. The van der Waals surface area contributed by atoms with Crippen LogP contribution in [0.2, 0.25) is 0 Å². The number of ether oxygens (including phenoxy) is 1. The molecule has 2 amide bonds. The predicted molar refractivity (Wildman–Crippen MR) is 78.1 cm³/mol. The average molecular weight is 292 g/mol. The Balaban J connectivity index is 1.86. The van der Waals surface area contributed by atoms with Crippen LogP contribution in [-0.4, -0.2) is 41.7 Å². The molecule has 0 aliphatic carbocycles. The number of benzene rings is 1. The molecule has 1 fully saturated rings. The van der Waals surface area contributed by atoms with E-state index in [1.54, 1.807) is 30.0 Å². The van der Waals surface area contributed by atoms with Crippen LogP contribution in [0, 0.1) is 5.92 Å². The van der Waals surface area contributed by atoms with Gasteiger partial charge in [0.25, 0.3) is 0 Å². The van der Waals surface area contributed by atoms with E-state index in [1.165, 1.54) is 6.07 Å². The maximum Gasteiger partial charge on any atom is 0.409 e. The second-order valence-corrected chi connectivity index (χ2v) is 4.97. The molecule has 0 aromatic heterocycles. The van der Waals surface area contributed by atoms with Crippen LogP contribution in [0.1, 0.15) is 19.8 Å². The normalized spacial score (nSPS) is 15.6. The third kappa shape index (κ3) is 3.87. The number of phenols is 1. The second-order valence-electron chi connectivity index (χ2n) is 4.97. The van der Waals surface area contributed by atoms with E-state index in [0.29, 0.717) is 38.2 Å². The first kappa shape index (κ1) is 15.2. The summed E-state index contributed by atoms with van der Waals surface area (Å²) in [5, 5.41) is 12.4. The third-order valence-electron chi connectivity index (χ3n) is 3.55. The molecular formula is C15H20N2O4. The molecule has 114 valence electrons. The lowest BCUT2D eigenvalue weighted by Crippen LogP contribution is -2.41. The summed E-state index contributed by atoms with van der Waals surface area (Å²) in [6.45, 7) is 3.15. The largest absolute Gasteiger partial charge is 0.506 e. The van der Waals surface area contributed by atoms with Gasteiger partial charge in [0.15, 0.2) is 0 Å². The molecule has 0 radical (unpaired) electrons. The van der Waals surface area contributed by atoms with Crippen molar-refractivity contribution in [2.45, 2.75) is 19.8 Å². The van der Waals surface area contributed by atoms with E-state index in [0.717, 1.165) is 0 Å². The number of hydrogen-bond donors (Lipinski definition) is 2. The Morgan fingerprint density at radius 2 is 2.00 bits per heavy atom. The fourth-order valence-corrected chi connectivity index (χ4v) is 2.35. The number of nitrogens with zero attached hydrogens (tertiary/aromatic N) is 1. The van der Waals surface area contributed by atoms with Crippen molar-refractivity contribution in [3.05, 3.63) is 24.3 Å². The third-order valence-corrected chi connectivity index (χ3v) is 3.55. The molecule has 1 aliphatic heterocycles. The van der Waals surface area contributed by atoms with Gasteiger partial charge in [-0.15, -0.1) is 0 Å². The molecule has 0 saturated carbocycles. The van der Waals surface area contributed by atoms with Crippen molar-refractivity contribution < 1.29 is 19.4 Å². The molecule has 2 N–H and O–H groups in total. The van der Waals surface area contributed by atoms with Gasteiger partial charge in [0.1, 0.15) is 5.75 Å². The standard InChI is InChI=1S/C15H20N2O4/c1-2-21-15(20)17-9-7-11(8-10-17)14(19)16-12-5-3-4-6-13(12)18/h3-6,11,18H,2,7-10H2,1H3,(H,16,19). The van der Waals surface area contributed by atoms with Crippen LogP contribution in [0.5, 0.6) is 5.75 Å². The molecule has 1 aromatic rings. The Hall–Kier alpha value is -2.24. The van der Waals surface area contributed by atoms with Crippen molar-refractivity contribution in [3.63, 3.8) is 0 Å². The molecule has 0 unspecified atom stereocenters. The van der Waals surface area contributed by atoms with Crippen molar-refractivity contribution >= 4 is 17.7 Å². The fraction of sp³-hybridized carbons (Fsp3) is 0.467. The quantitative estimate of drug-likeness (QED) is 0.837. The summed E-state index contributed by atoms with van der Waals surface area (Å²) in [5.74, 6) is -0.231. The van der Waals surface area contributed by atoms with Gasteiger partial charge in [0.05, 0.1) is 12.3 Å². The first-order valence-electron chi connectivity index (χ1n) is 7.12. The number of phenolic OH excluding ortho intramolecular Hbond substituents is 1. The molecule has 0 bridgehead atoms. The lowest BCUT2D eigenvalue weighted by molar-refractivity contribution is -0.121. The van der Waals surface area contributed by atoms with E-state index >= 15 is 0 Å². The number of carbonyl (C=O) groups is 2. The molecule has 1 heterocycles. The van der Waals surface area contributed by atoms with Gasteiger partial charge >= 0.3 is 6.09 Å². The Bertz CT molecular complexity index is 510. The molecule has 1 saturated heterocycles. The second kappa shape index (κ2) is 6.97. The van der Waals surface area contributed by atoms with Gasteiger partial charge in [0, 0.05) is 19.0 Å². The lowest BCUT2D eigenvalue weighted by atomic mass is 9.96. The molecule has 6 heteroatoms. The summed E-state index contributed by atoms with van der Waals surface area (Å²) < 4.78 is 4.94. The van der Waals surface area contributed by atoms with Crippen LogP contribution in [-0.2, 0) is 9.53 Å². The highest BCUT2D eigenvalue weighted by Crippen LogP contribution is 2.24. The smallest absolute Gasteiger partial charge is 0.409 e. The minimum atomic E-state index is -0.322. The highest BCUT2D eigenvalue weighted by Gasteiger charge is 2.28. The minimum absolute atomic E-state index is 0.0507. The predicted octanol–water partition coefficient (Wildman–Crippen LogP) is 2.20. The number of anilines is 1. The van der Waals surface area contributed by atoms with Gasteiger partial charge < -0.3 is 20.1 Å². The van der Waals surface area contributed by atoms with Gasteiger partial charge in [-0.3, -0.25) is 4.79 Å². The number of hydrogen-bond acceptors (Lipinski definition) is 4. The van der Waals surface area contributed by atoms with Crippen LogP contribution in [0.4, 0.5) is 10.5 Å². The number of para-hydroxylation sites is 2. The Labute approximate surface area is 123 Å². The van der Waals surface area contributed by atoms with E-state index in [9.17, 15) is 14.7 Å². The number of carbonyl (C=O) groups excluding carboxylic acids is 2. The molecular weight excluding hydrogens is 272 g/mol. The van der Waals surface area contributed by atoms with Crippen LogP contribution < -0.4 is 5.32 Å². The molecule has 1 aliphatic rings. The monoisotopic (exact) mass is 292 g/mol. The number of aromatic hydroxyl groups is 1. The zero-order valence-corrected chi connectivity index (χ0v) is 12.0. The highest BCUT2D eigenvalue weighted by atomic mass is 16.6. The van der Waals surface area contributed by atoms with Crippen molar-refractivity contribution in [2.75, 3.05) is 25.0 Å². The maximum atomic E-state index is 12.2. The summed E-state index contributed by atoms with van der Waals surface area (Å²) in [4.78, 5) is 25.4. The van der Waals surface area contributed by atoms with E-state index in [-0.39, 0.29) is 23.7 Å². The minimum Gasteiger partial charge on any atom is -0.506 e. The summed E-state index contributed by atoms with van der Waals surface area (Å²) in [6, 6.07) is 6.63. The molecule has 0 atom stereocenters.